The number of hydrogen-bond acceptors (Lipinski definition) is 3. The third-order valence-electron chi connectivity index (χ3n) is 1.36. The lowest BCUT2D eigenvalue weighted by atomic mass is 10.5. The summed E-state index contributed by atoms with van der Waals surface area (Å²) < 4.78 is 0. The van der Waals surface area contributed by atoms with Crippen LogP contribution in [0, 0.1) is 0 Å². The van der Waals surface area contributed by atoms with Crippen LogP contribution in [0.5, 0.6) is 0 Å². The fraction of sp³-hybridized carbons (Fsp3) is 0.500. The normalized spacial score (nSPS) is 9.43. The van der Waals surface area contributed by atoms with Crippen LogP contribution >= 0.6 is 0 Å². The fourth-order valence-electron chi connectivity index (χ4n) is 0.712. The highest BCUT2D eigenvalue weighted by molar-refractivity contribution is 4.89. The number of rotatable bonds is 3. The summed E-state index contributed by atoms with van der Waals surface area (Å²) in [7, 11) is 3.99. The Morgan fingerprint density at radius 2 is 2.14 bits per heavy atom. The minimum Gasteiger partial charge on any atom is -0.329 e. The number of H-pyrrole nitrogens is 1. The Balaban J connectivity index is 0.000000241. The zero-order valence-electron chi connectivity index (χ0n) is 9.08. The first kappa shape index (κ1) is 12.9. The van der Waals surface area contributed by atoms with E-state index in [9.17, 15) is 4.79 Å². The van der Waals surface area contributed by atoms with E-state index in [1.165, 1.54) is 12.5 Å². The highest BCUT2D eigenvalue weighted by Gasteiger charge is 1.80. The molecule has 0 amide bonds. The maximum Gasteiger partial charge on any atom is 0.247 e. The van der Waals surface area contributed by atoms with Crippen LogP contribution in [0.4, 0.5) is 0 Å². The average molecular weight is 197 g/mol. The Hall–Kier alpha value is -1.13. The Kier molecular flexibility index (Phi) is 7.78. The molecule has 0 aliphatic carbocycles. The molecule has 0 saturated heterocycles. The van der Waals surface area contributed by atoms with Gasteiger partial charge in [-0.2, -0.15) is 0 Å². The zero-order valence-corrected chi connectivity index (χ0v) is 9.08. The van der Waals surface area contributed by atoms with Gasteiger partial charge in [0.2, 0.25) is 5.56 Å². The average Bonchev–Trinajstić information content (AvgIpc) is 2.17. The van der Waals surface area contributed by atoms with Crippen LogP contribution in [0.1, 0.15) is 13.3 Å². The summed E-state index contributed by atoms with van der Waals surface area (Å²) in [5, 5.41) is 1.96. The molecular weight excluding hydrogens is 178 g/mol. The SMILES string of the molecule is CCCNN(C)C.O=c1cccc[nH]1. The van der Waals surface area contributed by atoms with Gasteiger partial charge in [0.05, 0.1) is 0 Å². The molecule has 1 heterocycles. The molecule has 1 aromatic rings. The number of aromatic nitrogens is 1. The van der Waals surface area contributed by atoms with Crippen LogP contribution in [0.15, 0.2) is 29.2 Å². The van der Waals surface area contributed by atoms with Gasteiger partial charge in [-0.15, -0.1) is 0 Å². The molecule has 0 atom stereocenters. The maximum atomic E-state index is 10.2. The molecule has 0 aromatic carbocycles. The summed E-state index contributed by atoms with van der Waals surface area (Å²) in [6, 6.07) is 4.93. The molecule has 4 heteroatoms. The van der Waals surface area contributed by atoms with Crippen molar-refractivity contribution in [2.75, 3.05) is 20.6 Å². The van der Waals surface area contributed by atoms with Gasteiger partial charge in [0.15, 0.2) is 0 Å². The van der Waals surface area contributed by atoms with Crippen molar-refractivity contribution in [1.82, 2.24) is 15.4 Å². The standard InChI is InChI=1S/C5H14N2.C5H5NO/c1-4-5-6-7(2)3;7-5-3-1-2-4-6-5/h6H,4-5H2,1-3H3;1-4H,(H,6,7). The molecule has 14 heavy (non-hydrogen) atoms. The summed E-state index contributed by atoms with van der Waals surface area (Å²) in [6.45, 7) is 3.23. The van der Waals surface area contributed by atoms with E-state index in [1.54, 1.807) is 18.3 Å². The van der Waals surface area contributed by atoms with Crippen molar-refractivity contribution in [2.45, 2.75) is 13.3 Å². The summed E-state index contributed by atoms with van der Waals surface area (Å²) >= 11 is 0. The predicted octanol–water partition coefficient (Wildman–Crippen LogP) is 0.837. The topological polar surface area (TPSA) is 48.1 Å². The summed E-state index contributed by atoms with van der Waals surface area (Å²) in [5.41, 5.74) is 3.08. The second-order valence-corrected chi connectivity index (χ2v) is 3.03. The molecule has 80 valence electrons. The molecule has 4 nitrogen and oxygen atoms in total. The largest absolute Gasteiger partial charge is 0.329 e. The molecule has 1 aromatic heterocycles. The second-order valence-electron chi connectivity index (χ2n) is 3.03. The van der Waals surface area contributed by atoms with Crippen molar-refractivity contribution in [3.8, 4) is 0 Å². The molecule has 0 radical (unpaired) electrons. The summed E-state index contributed by atoms with van der Waals surface area (Å²) in [4.78, 5) is 12.7. The molecule has 0 bridgehead atoms. The van der Waals surface area contributed by atoms with Crippen molar-refractivity contribution >= 4 is 0 Å². The molecule has 0 saturated carbocycles. The van der Waals surface area contributed by atoms with E-state index in [0.29, 0.717) is 0 Å². The Bertz CT molecular complexity index is 253. The number of aromatic amines is 1. The van der Waals surface area contributed by atoms with E-state index < -0.39 is 0 Å². The lowest BCUT2D eigenvalue weighted by Crippen LogP contribution is -2.30. The Morgan fingerprint density at radius 1 is 1.43 bits per heavy atom. The summed E-state index contributed by atoms with van der Waals surface area (Å²) in [5.74, 6) is 0. The smallest absolute Gasteiger partial charge is 0.247 e. The zero-order chi connectivity index (χ0) is 10.8. The van der Waals surface area contributed by atoms with Gasteiger partial charge in [-0.25, -0.2) is 0 Å². The van der Waals surface area contributed by atoms with Crippen LogP contribution < -0.4 is 11.0 Å². The van der Waals surface area contributed by atoms with E-state index >= 15 is 0 Å². The predicted molar refractivity (Wildman–Crippen MR) is 59.0 cm³/mol. The van der Waals surface area contributed by atoms with Gasteiger partial charge < -0.3 is 4.98 Å². The van der Waals surface area contributed by atoms with Crippen LogP contribution in [-0.4, -0.2) is 30.6 Å². The second kappa shape index (κ2) is 8.47. The first-order valence-electron chi connectivity index (χ1n) is 4.71. The van der Waals surface area contributed by atoms with E-state index in [4.69, 9.17) is 0 Å². The lowest BCUT2D eigenvalue weighted by molar-refractivity contribution is 0.291. The third kappa shape index (κ3) is 8.96. The van der Waals surface area contributed by atoms with Crippen molar-refractivity contribution in [1.29, 1.82) is 0 Å². The van der Waals surface area contributed by atoms with Gasteiger partial charge in [-0.05, 0) is 12.5 Å². The number of nitrogens with zero attached hydrogens (tertiary/aromatic N) is 1. The Morgan fingerprint density at radius 3 is 2.36 bits per heavy atom. The monoisotopic (exact) mass is 197 g/mol. The molecule has 2 N–H and O–H groups in total. The first-order chi connectivity index (χ1) is 6.66. The summed E-state index contributed by atoms with van der Waals surface area (Å²) in [6.07, 6.45) is 2.79. The number of nitrogens with one attached hydrogen (secondary N) is 2. The van der Waals surface area contributed by atoms with Crippen LogP contribution in [0.25, 0.3) is 0 Å². The van der Waals surface area contributed by atoms with E-state index in [2.05, 4.69) is 17.3 Å². The molecule has 0 aliphatic heterocycles. The van der Waals surface area contributed by atoms with Gasteiger partial charge in [0, 0.05) is 32.9 Å². The van der Waals surface area contributed by atoms with Gasteiger partial charge in [0.25, 0.3) is 0 Å². The third-order valence-corrected chi connectivity index (χ3v) is 1.36. The molecule has 0 fully saturated rings. The van der Waals surface area contributed by atoms with Crippen LogP contribution in [-0.2, 0) is 0 Å². The van der Waals surface area contributed by atoms with Crippen LogP contribution in [0.3, 0.4) is 0 Å². The molecule has 0 spiro atoms. The van der Waals surface area contributed by atoms with Gasteiger partial charge in [-0.1, -0.05) is 13.0 Å². The van der Waals surface area contributed by atoms with E-state index in [1.807, 2.05) is 19.1 Å². The fourth-order valence-corrected chi connectivity index (χ4v) is 0.712. The van der Waals surface area contributed by atoms with Crippen LogP contribution in [0.2, 0.25) is 0 Å². The van der Waals surface area contributed by atoms with Crippen molar-refractivity contribution < 1.29 is 0 Å². The molecular formula is C10H19N3O. The highest BCUT2D eigenvalue weighted by atomic mass is 16.1. The quantitative estimate of drug-likeness (QED) is 0.706. The van der Waals surface area contributed by atoms with Crippen molar-refractivity contribution in [3.63, 3.8) is 0 Å². The Labute approximate surface area is 84.9 Å². The number of pyridine rings is 1. The van der Waals surface area contributed by atoms with Crippen molar-refractivity contribution in [2.24, 2.45) is 0 Å². The molecule has 0 aliphatic rings. The molecule has 0 unspecified atom stereocenters. The minimum absolute atomic E-state index is 0.0532. The lowest BCUT2D eigenvalue weighted by Gasteiger charge is -2.08. The van der Waals surface area contributed by atoms with Gasteiger partial charge in [-0.3, -0.25) is 15.2 Å². The van der Waals surface area contributed by atoms with Crippen molar-refractivity contribution in [3.05, 3.63) is 34.7 Å². The van der Waals surface area contributed by atoms with E-state index in [0.717, 1.165) is 6.54 Å². The van der Waals surface area contributed by atoms with Gasteiger partial charge in [0.1, 0.15) is 0 Å². The van der Waals surface area contributed by atoms with E-state index in [-0.39, 0.29) is 5.56 Å². The minimum atomic E-state index is -0.0532. The maximum absolute atomic E-state index is 10.2. The molecule has 1 rings (SSSR count). The van der Waals surface area contributed by atoms with Gasteiger partial charge >= 0.3 is 0 Å². The number of hydrazine groups is 1. The number of hydrogen-bond donors (Lipinski definition) is 2. The first-order valence-corrected chi connectivity index (χ1v) is 4.71. The highest BCUT2D eigenvalue weighted by Crippen LogP contribution is 1.69.